The lowest BCUT2D eigenvalue weighted by atomic mass is 9.94. The van der Waals surface area contributed by atoms with Crippen molar-refractivity contribution in [3.63, 3.8) is 0 Å². The molecule has 3 fully saturated rings. The maximum absolute atomic E-state index is 12.9. The molecule has 25 heavy (non-hydrogen) atoms. The van der Waals surface area contributed by atoms with Gasteiger partial charge < -0.3 is 9.42 Å². The van der Waals surface area contributed by atoms with Crippen molar-refractivity contribution in [1.29, 1.82) is 0 Å². The van der Waals surface area contributed by atoms with Crippen LogP contribution in [0.2, 0.25) is 0 Å². The Morgan fingerprint density at radius 1 is 1.32 bits per heavy atom. The highest BCUT2D eigenvalue weighted by Crippen LogP contribution is 2.30. The van der Waals surface area contributed by atoms with Gasteiger partial charge in [0.05, 0.1) is 0 Å². The number of fused-ring (bicyclic) bond motifs is 4. The molecule has 0 spiro atoms. The van der Waals surface area contributed by atoms with E-state index in [0.29, 0.717) is 31.1 Å². The molecule has 0 unspecified atom stereocenters. The molecular weight excluding hydrogens is 344 g/mol. The number of aromatic nitrogens is 1. The van der Waals surface area contributed by atoms with Crippen molar-refractivity contribution in [2.45, 2.75) is 38.6 Å². The molecular formula is C16H26N4O4S. The standard InChI is InChI=1S/C16H26N4O4S/c1-4-5-14-8-15(17-24-14)16(21)20-10-12-6-7-13(20)11-19(9-12)25(22,23)18(2)3/h8,12-13H,4-7,9-11H2,1-3H3/t12-,13+/m1/s1. The first-order valence-electron chi connectivity index (χ1n) is 8.77. The lowest BCUT2D eigenvalue weighted by Gasteiger charge is -2.35. The number of amides is 1. The maximum atomic E-state index is 12.9. The number of rotatable bonds is 5. The van der Waals surface area contributed by atoms with E-state index in [9.17, 15) is 13.2 Å². The van der Waals surface area contributed by atoms with E-state index < -0.39 is 10.2 Å². The predicted molar refractivity (Wildman–Crippen MR) is 92.2 cm³/mol. The molecule has 3 aliphatic rings. The molecule has 4 rings (SSSR count). The third-order valence-electron chi connectivity index (χ3n) is 5.00. The molecule has 9 heteroatoms. The Balaban J connectivity index is 1.79. The number of carbonyl (C=O) groups excluding carboxylic acids is 1. The fourth-order valence-corrected chi connectivity index (χ4v) is 4.85. The summed E-state index contributed by atoms with van der Waals surface area (Å²) in [5, 5.41) is 3.91. The summed E-state index contributed by atoms with van der Waals surface area (Å²) in [5.41, 5.74) is 0.318. The SMILES string of the molecule is CCCc1cc(C(=O)N2C[C@@H]3CC[C@H]2CN(S(=O)(=O)N(C)C)C3)no1. The van der Waals surface area contributed by atoms with Gasteiger partial charge in [0, 0.05) is 52.3 Å². The smallest absolute Gasteiger partial charge is 0.281 e. The fraction of sp³-hybridized carbons (Fsp3) is 0.750. The third kappa shape index (κ3) is 3.58. The highest BCUT2D eigenvalue weighted by atomic mass is 32.2. The summed E-state index contributed by atoms with van der Waals surface area (Å²) in [5.74, 6) is 0.701. The van der Waals surface area contributed by atoms with E-state index in [-0.39, 0.29) is 17.9 Å². The first kappa shape index (κ1) is 18.3. The van der Waals surface area contributed by atoms with Crippen molar-refractivity contribution in [3.8, 4) is 0 Å². The zero-order valence-corrected chi connectivity index (χ0v) is 15.8. The number of nitrogens with zero attached hydrogens (tertiary/aromatic N) is 4. The molecule has 1 amide bonds. The number of aryl methyl sites for hydroxylation is 1. The Hall–Kier alpha value is -1.45. The monoisotopic (exact) mass is 370 g/mol. The van der Waals surface area contributed by atoms with Crippen LogP contribution in [-0.4, -0.2) is 72.8 Å². The summed E-state index contributed by atoms with van der Waals surface area (Å²) >= 11 is 0. The van der Waals surface area contributed by atoms with Gasteiger partial charge in [-0.3, -0.25) is 4.79 Å². The quantitative estimate of drug-likeness (QED) is 0.771. The summed E-state index contributed by atoms with van der Waals surface area (Å²) in [6.45, 7) is 3.40. The van der Waals surface area contributed by atoms with Crippen molar-refractivity contribution in [2.24, 2.45) is 5.92 Å². The lowest BCUT2D eigenvalue weighted by Crippen LogP contribution is -2.48. The van der Waals surface area contributed by atoms with Gasteiger partial charge >= 0.3 is 0 Å². The first-order valence-corrected chi connectivity index (χ1v) is 10.2. The average molecular weight is 370 g/mol. The van der Waals surface area contributed by atoms with Crippen LogP contribution in [0.15, 0.2) is 10.6 Å². The minimum atomic E-state index is -3.47. The molecule has 0 saturated carbocycles. The number of hydrogen-bond acceptors (Lipinski definition) is 5. The highest BCUT2D eigenvalue weighted by Gasteiger charge is 2.42. The summed E-state index contributed by atoms with van der Waals surface area (Å²) in [6.07, 6.45) is 3.43. The van der Waals surface area contributed by atoms with Gasteiger partial charge in [0.2, 0.25) is 0 Å². The second-order valence-corrected chi connectivity index (χ2v) is 9.23. The summed E-state index contributed by atoms with van der Waals surface area (Å²) < 4.78 is 33.0. The minimum Gasteiger partial charge on any atom is -0.361 e. The van der Waals surface area contributed by atoms with Crippen LogP contribution in [-0.2, 0) is 16.6 Å². The number of hydrogen-bond donors (Lipinski definition) is 0. The first-order chi connectivity index (χ1) is 11.8. The second kappa shape index (κ2) is 7.05. The molecule has 0 aromatic carbocycles. The highest BCUT2D eigenvalue weighted by molar-refractivity contribution is 7.86. The molecule has 8 nitrogen and oxygen atoms in total. The van der Waals surface area contributed by atoms with Crippen molar-refractivity contribution in [1.82, 2.24) is 18.7 Å². The molecule has 4 heterocycles. The Labute approximate surface area is 148 Å². The summed E-state index contributed by atoms with van der Waals surface area (Å²) in [6, 6.07) is 1.59. The fourth-order valence-electron chi connectivity index (χ4n) is 3.63. The Morgan fingerprint density at radius 2 is 2.08 bits per heavy atom. The largest absolute Gasteiger partial charge is 0.361 e. The molecule has 2 bridgehead atoms. The van der Waals surface area contributed by atoms with Crippen LogP contribution in [0.1, 0.15) is 42.4 Å². The van der Waals surface area contributed by atoms with Gasteiger partial charge in [-0.15, -0.1) is 0 Å². The van der Waals surface area contributed by atoms with Crippen molar-refractivity contribution in [3.05, 3.63) is 17.5 Å². The van der Waals surface area contributed by atoms with Crippen LogP contribution in [0.3, 0.4) is 0 Å². The Kier molecular flexibility index (Phi) is 5.17. The number of piperidine rings is 1. The minimum absolute atomic E-state index is 0.118. The van der Waals surface area contributed by atoms with Crippen LogP contribution >= 0.6 is 0 Å². The molecule has 140 valence electrons. The molecule has 1 aromatic heterocycles. The number of carbonyl (C=O) groups is 1. The predicted octanol–water partition coefficient (Wildman–Crippen LogP) is 0.970. The summed E-state index contributed by atoms with van der Waals surface area (Å²) in [7, 11) is -0.397. The normalized spacial score (nSPS) is 24.7. The van der Waals surface area contributed by atoms with Gasteiger partial charge in [0.25, 0.3) is 16.1 Å². The van der Waals surface area contributed by atoms with Gasteiger partial charge in [-0.2, -0.15) is 17.0 Å². The van der Waals surface area contributed by atoms with E-state index in [0.717, 1.165) is 25.7 Å². The summed E-state index contributed by atoms with van der Waals surface area (Å²) in [4.78, 5) is 14.7. The zero-order valence-electron chi connectivity index (χ0n) is 15.0. The van der Waals surface area contributed by atoms with Gasteiger partial charge in [-0.05, 0) is 25.2 Å². The van der Waals surface area contributed by atoms with Gasteiger partial charge in [-0.1, -0.05) is 12.1 Å². The Morgan fingerprint density at radius 3 is 2.76 bits per heavy atom. The van der Waals surface area contributed by atoms with Crippen LogP contribution in [0.25, 0.3) is 0 Å². The molecule has 0 radical (unpaired) electrons. The molecule has 0 N–H and O–H groups in total. The topological polar surface area (TPSA) is 87.0 Å². The van der Waals surface area contributed by atoms with Crippen molar-refractivity contribution in [2.75, 3.05) is 33.7 Å². The van der Waals surface area contributed by atoms with Crippen LogP contribution < -0.4 is 0 Å². The van der Waals surface area contributed by atoms with Crippen molar-refractivity contribution < 1.29 is 17.7 Å². The van der Waals surface area contributed by atoms with Crippen molar-refractivity contribution >= 4 is 16.1 Å². The maximum Gasteiger partial charge on any atom is 0.281 e. The Bertz CT molecular complexity index is 730. The molecule has 1 aromatic rings. The third-order valence-corrected chi connectivity index (χ3v) is 6.88. The van der Waals surface area contributed by atoms with Crippen LogP contribution in [0.5, 0.6) is 0 Å². The van der Waals surface area contributed by atoms with Crippen LogP contribution in [0.4, 0.5) is 0 Å². The second-order valence-electron chi connectivity index (χ2n) is 7.09. The van der Waals surface area contributed by atoms with E-state index in [1.54, 1.807) is 11.0 Å². The molecule has 3 aliphatic heterocycles. The van der Waals surface area contributed by atoms with Gasteiger partial charge in [-0.25, -0.2) is 0 Å². The van der Waals surface area contributed by atoms with E-state index in [2.05, 4.69) is 5.16 Å². The van der Waals surface area contributed by atoms with E-state index in [1.165, 1.54) is 22.7 Å². The van der Waals surface area contributed by atoms with E-state index in [4.69, 9.17) is 4.52 Å². The average Bonchev–Trinajstić information content (AvgIpc) is 2.83. The zero-order chi connectivity index (χ0) is 18.2. The molecule has 0 aliphatic carbocycles. The molecule has 3 saturated heterocycles. The van der Waals surface area contributed by atoms with Crippen LogP contribution in [0, 0.1) is 5.92 Å². The molecule has 2 atom stereocenters. The van der Waals surface area contributed by atoms with E-state index >= 15 is 0 Å². The van der Waals surface area contributed by atoms with Gasteiger partial charge in [0.15, 0.2) is 5.69 Å². The lowest BCUT2D eigenvalue weighted by molar-refractivity contribution is 0.0578. The van der Waals surface area contributed by atoms with Gasteiger partial charge in [0.1, 0.15) is 5.76 Å². The van der Waals surface area contributed by atoms with E-state index in [1.807, 2.05) is 6.92 Å².